The van der Waals surface area contributed by atoms with Crippen molar-refractivity contribution in [1.82, 2.24) is 6.15 Å². The van der Waals surface area contributed by atoms with Crippen LogP contribution in [-0.4, -0.2) is 60.8 Å². The molecule has 2 aliphatic heterocycles. The van der Waals surface area contributed by atoms with Crippen LogP contribution in [0.3, 0.4) is 0 Å². The van der Waals surface area contributed by atoms with E-state index in [0.29, 0.717) is 12.2 Å². The van der Waals surface area contributed by atoms with E-state index in [9.17, 15) is 34.2 Å². The Balaban J connectivity index is 0.000000469. The first-order valence-electron chi connectivity index (χ1n) is 5.57. The molecule has 2 bridgehead atoms. The second-order valence-electron chi connectivity index (χ2n) is 4.05. The number of carboxylic acids is 2. The summed E-state index contributed by atoms with van der Waals surface area (Å²) in [6, 6.07) is 0. The number of rotatable bonds is 2. The number of aliphatic hydroxyl groups is 1. The standard InChI is InChI=1S/C6H8O7.C4H4O4.Al.H3N/c7-3(8)1-6(13,5(11)12)2-4(9)10;5-3(6)1-2-4(7)8;;/h13H,1-2H2,(H,7,8)(H,9,10)(H,11,12);1-2H,(H,5,6)(H,7,8);;1H3/q;;+3;/p-3/b;2-1-;;. The number of quaternary nitrogens is 1. The summed E-state index contributed by atoms with van der Waals surface area (Å²) in [5.74, 6) is -5.41. The largest absolute Gasteiger partial charge is 1.20 e. The number of carbonyl (C=O) groups is 5. The van der Waals surface area contributed by atoms with Crippen molar-refractivity contribution < 1.29 is 50.7 Å². The quantitative estimate of drug-likeness (QED) is 0.335. The molecule has 2 saturated heterocycles. The van der Waals surface area contributed by atoms with Gasteiger partial charge in [0.25, 0.3) is 11.9 Å². The second-order valence-corrected chi connectivity index (χ2v) is 5.33. The number of fused-ring (bicyclic) bond motifs is 3. The molecule has 0 aromatic heterocycles. The molecule has 0 aromatic carbocycles. The molecule has 0 spiro atoms. The highest BCUT2D eigenvalue weighted by atomic mass is 27.3. The SMILES string of the molecule is O=C([O-])/C=C\C(=O)O.O=C1CC2(O)CC(=O)[O][Al]([O]1)[O]C2=O.[NH4+]. The number of hydrogen-bond donors (Lipinski definition) is 3. The van der Waals surface area contributed by atoms with Crippen LogP contribution in [0.15, 0.2) is 12.2 Å². The van der Waals surface area contributed by atoms with E-state index >= 15 is 0 Å². The summed E-state index contributed by atoms with van der Waals surface area (Å²) in [6.07, 6.45) is -0.188. The molecule has 0 saturated carbocycles. The molecule has 126 valence electrons. The van der Waals surface area contributed by atoms with Gasteiger partial charge in [0, 0.05) is 6.08 Å². The van der Waals surface area contributed by atoms with E-state index in [2.05, 4.69) is 11.4 Å². The van der Waals surface area contributed by atoms with Gasteiger partial charge >= 0.3 is 27.1 Å². The van der Waals surface area contributed by atoms with Crippen LogP contribution in [0.5, 0.6) is 0 Å². The van der Waals surface area contributed by atoms with Crippen LogP contribution in [0.4, 0.5) is 0 Å². The number of carbonyl (C=O) groups excluding carboxylic acids is 4. The average Bonchev–Trinajstić information content (AvgIpc) is 2.50. The lowest BCUT2D eigenvalue weighted by Gasteiger charge is -2.20. The summed E-state index contributed by atoms with van der Waals surface area (Å²) in [5.41, 5.74) is -2.12. The van der Waals surface area contributed by atoms with Gasteiger partial charge in [0.15, 0.2) is 5.60 Å². The molecule has 13 heteroatoms. The molecule has 23 heavy (non-hydrogen) atoms. The van der Waals surface area contributed by atoms with Crippen LogP contribution in [0.25, 0.3) is 0 Å². The van der Waals surface area contributed by atoms with Gasteiger partial charge in [-0.2, -0.15) is 0 Å². The van der Waals surface area contributed by atoms with E-state index in [0.717, 1.165) is 0 Å². The van der Waals surface area contributed by atoms with Crippen LogP contribution in [0.2, 0.25) is 0 Å². The molecule has 2 aliphatic rings. The molecule has 0 atom stereocenters. The van der Waals surface area contributed by atoms with Gasteiger partial charge in [0.2, 0.25) is 0 Å². The van der Waals surface area contributed by atoms with E-state index in [-0.39, 0.29) is 6.15 Å². The Bertz CT molecular complexity index is 521. The molecule has 0 unspecified atom stereocenters. The van der Waals surface area contributed by atoms with E-state index in [1.54, 1.807) is 0 Å². The van der Waals surface area contributed by atoms with Crippen LogP contribution in [0.1, 0.15) is 12.8 Å². The monoisotopic (exact) mass is 349 g/mol. The normalized spacial score (nSPS) is 18.3. The molecular weight excluding hydrogens is 337 g/mol. The third-order valence-corrected chi connectivity index (χ3v) is 3.59. The summed E-state index contributed by atoms with van der Waals surface area (Å²) in [4.78, 5) is 52.1. The fourth-order valence-electron chi connectivity index (χ4n) is 1.39. The van der Waals surface area contributed by atoms with E-state index < -0.39 is 63.4 Å². The van der Waals surface area contributed by atoms with Gasteiger partial charge in [-0.25, -0.2) is 4.79 Å². The third kappa shape index (κ3) is 6.45. The van der Waals surface area contributed by atoms with Crippen LogP contribution < -0.4 is 11.3 Å². The molecule has 0 amide bonds. The molecular formula is C10H12AlNO11. The summed E-state index contributed by atoms with van der Waals surface area (Å²) < 4.78 is 13.6. The van der Waals surface area contributed by atoms with E-state index in [1.807, 2.05) is 0 Å². The van der Waals surface area contributed by atoms with Crippen molar-refractivity contribution in [2.45, 2.75) is 18.4 Å². The highest BCUT2D eigenvalue weighted by molar-refractivity contribution is 6.45. The summed E-state index contributed by atoms with van der Waals surface area (Å²) in [7, 11) is 0. The van der Waals surface area contributed by atoms with E-state index in [4.69, 9.17) is 5.11 Å². The molecule has 6 N–H and O–H groups in total. The Morgan fingerprint density at radius 1 is 1.09 bits per heavy atom. The minimum atomic E-state index is -3.06. The van der Waals surface area contributed by atoms with Gasteiger partial charge in [-0.3, -0.25) is 14.4 Å². The van der Waals surface area contributed by atoms with Crippen molar-refractivity contribution in [3.63, 3.8) is 0 Å². The van der Waals surface area contributed by atoms with Gasteiger partial charge in [0.05, 0.1) is 18.8 Å². The smallest absolute Gasteiger partial charge is 0.551 e. The van der Waals surface area contributed by atoms with Gasteiger partial charge < -0.3 is 37.6 Å². The lowest BCUT2D eigenvalue weighted by molar-refractivity contribution is -0.297. The van der Waals surface area contributed by atoms with Crippen molar-refractivity contribution in [2.24, 2.45) is 0 Å². The number of aliphatic carboxylic acids is 2. The van der Waals surface area contributed by atoms with Crippen LogP contribution in [0, 0.1) is 0 Å². The van der Waals surface area contributed by atoms with E-state index in [1.165, 1.54) is 0 Å². The highest BCUT2D eigenvalue weighted by Crippen LogP contribution is 2.26. The van der Waals surface area contributed by atoms with Crippen molar-refractivity contribution in [2.75, 3.05) is 0 Å². The predicted molar refractivity (Wildman–Crippen MR) is 66.0 cm³/mol. The predicted octanol–water partition coefficient (Wildman–Crippen LogP) is -3.11. The first kappa shape index (κ1) is 20.5. The molecule has 12 nitrogen and oxygen atoms in total. The second kappa shape index (κ2) is 8.25. The minimum absolute atomic E-state index is 0. The van der Waals surface area contributed by atoms with Gasteiger partial charge in [-0.05, 0) is 6.08 Å². The Labute approximate surface area is 133 Å². The maximum atomic E-state index is 11.2. The van der Waals surface area contributed by atoms with Crippen molar-refractivity contribution >= 4 is 45.0 Å². The maximum absolute atomic E-state index is 11.2. The number of carboxylic acid groups (broad SMARTS) is 2. The van der Waals surface area contributed by atoms with Crippen LogP contribution >= 0.6 is 0 Å². The Morgan fingerprint density at radius 2 is 1.57 bits per heavy atom. The topological polar surface area (TPSA) is 213 Å². The number of hydrogen-bond acceptors (Lipinski definition) is 10. The minimum Gasteiger partial charge on any atom is -0.551 e. The fraction of sp³-hybridized carbons (Fsp3) is 0.300. The molecule has 0 aliphatic carbocycles. The molecule has 0 aromatic rings. The highest BCUT2D eigenvalue weighted by Gasteiger charge is 2.61. The third-order valence-electron chi connectivity index (χ3n) is 2.27. The van der Waals surface area contributed by atoms with Crippen molar-refractivity contribution in [3.05, 3.63) is 12.2 Å². The Morgan fingerprint density at radius 3 is 1.91 bits per heavy atom. The Kier molecular flexibility index (Phi) is 7.37. The maximum Gasteiger partial charge on any atom is 1.20 e. The van der Waals surface area contributed by atoms with Gasteiger partial charge in [-0.1, -0.05) is 0 Å². The lowest BCUT2D eigenvalue weighted by Crippen LogP contribution is -2.41. The molecule has 2 heterocycles. The van der Waals surface area contributed by atoms with Crippen molar-refractivity contribution in [3.8, 4) is 0 Å². The van der Waals surface area contributed by atoms with Gasteiger partial charge in [-0.15, -0.1) is 0 Å². The molecule has 2 fully saturated rings. The average molecular weight is 349 g/mol. The fourth-order valence-corrected chi connectivity index (χ4v) is 2.53. The zero-order valence-corrected chi connectivity index (χ0v) is 12.9. The zero-order valence-electron chi connectivity index (χ0n) is 11.7. The summed E-state index contributed by atoms with van der Waals surface area (Å²) in [6.45, 7) is 0. The van der Waals surface area contributed by atoms with Gasteiger partial charge in [0.1, 0.15) is 0 Å². The molecule has 0 radical (unpaired) electrons. The summed E-state index contributed by atoms with van der Waals surface area (Å²) in [5, 5.41) is 26.9. The zero-order chi connectivity index (χ0) is 16.9. The van der Waals surface area contributed by atoms with Crippen molar-refractivity contribution in [1.29, 1.82) is 0 Å². The Hall–Kier alpha value is -2.46. The molecule has 2 rings (SSSR count). The summed E-state index contributed by atoms with van der Waals surface area (Å²) >= 11 is -3.06. The first-order valence-corrected chi connectivity index (χ1v) is 6.98. The first-order chi connectivity index (χ1) is 10.1. The lowest BCUT2D eigenvalue weighted by atomic mass is 9.96. The van der Waals surface area contributed by atoms with Crippen LogP contribution in [-0.2, 0) is 35.3 Å².